The summed E-state index contributed by atoms with van der Waals surface area (Å²) in [5.74, 6) is -1.46. The number of carboxylic acid groups (broad SMARTS) is 1. The average Bonchev–Trinajstić information content (AvgIpc) is 2.34. The summed E-state index contributed by atoms with van der Waals surface area (Å²) in [4.78, 5) is 10.3. The maximum atomic E-state index is 10.3. The molecule has 0 atom stereocenters. The first-order chi connectivity index (χ1) is 8.52. The number of rotatable bonds is 1. The molecule has 0 spiro atoms. The SMILES string of the molecule is O=C(O)c1ccccc1O.Oc1ccccc1O.[Fe].[Fe]. The summed E-state index contributed by atoms with van der Waals surface area (Å²) in [5, 5.41) is 34.6. The minimum atomic E-state index is -1.11. The first-order valence-corrected chi connectivity index (χ1v) is 5.00. The van der Waals surface area contributed by atoms with E-state index in [1.54, 1.807) is 24.3 Å². The van der Waals surface area contributed by atoms with Crippen LogP contribution in [0.2, 0.25) is 0 Å². The fourth-order valence-electron chi connectivity index (χ4n) is 1.12. The molecular weight excluding hydrogens is 348 g/mol. The minimum absolute atomic E-state index is 0. The zero-order chi connectivity index (χ0) is 13.5. The number of hydrogen-bond acceptors (Lipinski definition) is 4. The minimum Gasteiger partial charge on any atom is -0.507 e. The van der Waals surface area contributed by atoms with E-state index in [0.717, 1.165) is 0 Å². The van der Waals surface area contributed by atoms with Gasteiger partial charge in [0, 0.05) is 34.1 Å². The van der Waals surface area contributed by atoms with Crippen molar-refractivity contribution in [2.45, 2.75) is 0 Å². The molecule has 0 aliphatic carbocycles. The summed E-state index contributed by atoms with van der Waals surface area (Å²) >= 11 is 0. The van der Waals surface area contributed by atoms with E-state index in [1.165, 1.54) is 24.3 Å². The summed E-state index contributed by atoms with van der Waals surface area (Å²) in [6.07, 6.45) is 0. The van der Waals surface area contributed by atoms with Gasteiger partial charge < -0.3 is 20.4 Å². The summed E-state index contributed by atoms with van der Waals surface area (Å²) in [5.41, 5.74) is -0.0671. The van der Waals surface area contributed by atoms with Gasteiger partial charge in [0.2, 0.25) is 0 Å². The van der Waals surface area contributed by atoms with E-state index in [9.17, 15) is 4.79 Å². The fourth-order valence-corrected chi connectivity index (χ4v) is 1.12. The first kappa shape index (κ1) is 20.7. The molecule has 0 heterocycles. The molecule has 0 unspecified atom stereocenters. The smallest absolute Gasteiger partial charge is 0.339 e. The average molecular weight is 360 g/mol. The van der Waals surface area contributed by atoms with E-state index in [4.69, 9.17) is 20.4 Å². The number of aromatic hydroxyl groups is 3. The van der Waals surface area contributed by atoms with Crippen LogP contribution in [0.4, 0.5) is 0 Å². The Hall–Kier alpha value is -1.65. The molecule has 20 heavy (non-hydrogen) atoms. The molecule has 0 fully saturated rings. The molecule has 0 saturated heterocycles. The van der Waals surface area contributed by atoms with Crippen LogP contribution < -0.4 is 0 Å². The largest absolute Gasteiger partial charge is 0.507 e. The summed E-state index contributed by atoms with van der Waals surface area (Å²) in [6.45, 7) is 0. The Bertz CT molecular complexity index is 525. The summed E-state index contributed by atoms with van der Waals surface area (Å²) in [7, 11) is 0. The van der Waals surface area contributed by atoms with Gasteiger partial charge in [-0.2, -0.15) is 0 Å². The van der Waals surface area contributed by atoms with Crippen molar-refractivity contribution >= 4 is 5.97 Å². The summed E-state index contributed by atoms with van der Waals surface area (Å²) < 4.78 is 0. The van der Waals surface area contributed by atoms with Gasteiger partial charge in [0.15, 0.2) is 11.5 Å². The van der Waals surface area contributed by atoms with Crippen LogP contribution in [-0.4, -0.2) is 26.4 Å². The van der Waals surface area contributed by atoms with E-state index in [0.29, 0.717) is 0 Å². The van der Waals surface area contributed by atoms with Crippen molar-refractivity contribution in [2.75, 3.05) is 0 Å². The fraction of sp³-hybridized carbons (Fsp3) is 0. The third-order valence-corrected chi connectivity index (χ3v) is 2.02. The molecule has 0 aliphatic heterocycles. The number of carbonyl (C=O) groups is 1. The van der Waals surface area contributed by atoms with Crippen molar-refractivity contribution in [1.29, 1.82) is 0 Å². The molecule has 4 N–H and O–H groups in total. The van der Waals surface area contributed by atoms with E-state index in [1.807, 2.05) is 0 Å². The Balaban J connectivity index is 0. The Morgan fingerprint density at radius 1 is 0.700 bits per heavy atom. The van der Waals surface area contributed by atoms with Crippen LogP contribution in [0, 0.1) is 0 Å². The zero-order valence-corrected chi connectivity index (χ0v) is 12.2. The van der Waals surface area contributed by atoms with E-state index in [-0.39, 0.29) is 56.9 Å². The molecule has 2 aromatic rings. The van der Waals surface area contributed by atoms with Gasteiger partial charge in [-0.1, -0.05) is 24.3 Å². The maximum absolute atomic E-state index is 10.3. The molecule has 0 aliphatic rings. The molecule has 0 radical (unpaired) electrons. The zero-order valence-electron chi connectivity index (χ0n) is 10.0. The number of phenolic OH excluding ortho intramolecular Hbond substituents is 2. The number of aromatic carboxylic acids is 1. The third kappa shape index (κ3) is 6.50. The Kier molecular flexibility index (Phi) is 10.5. The topological polar surface area (TPSA) is 98.0 Å². The van der Waals surface area contributed by atoms with Crippen LogP contribution in [0.1, 0.15) is 10.4 Å². The van der Waals surface area contributed by atoms with Crippen molar-refractivity contribution in [2.24, 2.45) is 0 Å². The van der Waals surface area contributed by atoms with Crippen molar-refractivity contribution in [3.8, 4) is 17.2 Å². The van der Waals surface area contributed by atoms with Gasteiger partial charge in [0.25, 0.3) is 0 Å². The molecule has 2 rings (SSSR count). The molecule has 0 bridgehead atoms. The number of para-hydroxylation sites is 3. The van der Waals surface area contributed by atoms with Crippen LogP contribution in [0.25, 0.3) is 0 Å². The molecule has 0 aromatic heterocycles. The Labute approximate surface area is 136 Å². The number of hydrogen-bond donors (Lipinski definition) is 4. The molecule has 110 valence electrons. The van der Waals surface area contributed by atoms with Crippen molar-refractivity contribution < 1.29 is 59.4 Å². The van der Waals surface area contributed by atoms with Gasteiger partial charge >= 0.3 is 5.97 Å². The van der Waals surface area contributed by atoms with Crippen molar-refractivity contribution in [3.63, 3.8) is 0 Å². The maximum Gasteiger partial charge on any atom is 0.339 e. The normalized spacial score (nSPS) is 8.20. The predicted molar refractivity (Wildman–Crippen MR) is 64.8 cm³/mol. The van der Waals surface area contributed by atoms with Crippen molar-refractivity contribution in [3.05, 3.63) is 54.1 Å². The van der Waals surface area contributed by atoms with Gasteiger partial charge in [-0.3, -0.25) is 0 Å². The van der Waals surface area contributed by atoms with Gasteiger partial charge in [-0.05, 0) is 24.3 Å². The van der Waals surface area contributed by atoms with E-state index >= 15 is 0 Å². The van der Waals surface area contributed by atoms with Gasteiger partial charge in [-0.15, -0.1) is 0 Å². The molecule has 0 saturated carbocycles. The molecule has 2 aromatic carbocycles. The van der Waals surface area contributed by atoms with Gasteiger partial charge in [0.05, 0.1) is 0 Å². The molecule has 0 amide bonds. The molecule has 7 heteroatoms. The Morgan fingerprint density at radius 2 is 1.05 bits per heavy atom. The van der Waals surface area contributed by atoms with Gasteiger partial charge in [-0.25, -0.2) is 4.79 Å². The van der Waals surface area contributed by atoms with E-state index in [2.05, 4.69) is 0 Å². The number of benzene rings is 2. The standard InChI is InChI=1S/C7H6O3.C6H6O2.2Fe/c8-6-4-2-1-3-5(6)7(9)10;7-5-3-1-2-4-6(5)8;;/h1-4,8H,(H,9,10);1-4,7-8H;;. The van der Waals surface area contributed by atoms with Crippen molar-refractivity contribution in [1.82, 2.24) is 0 Å². The second-order valence-electron chi connectivity index (χ2n) is 3.31. The Morgan fingerprint density at radius 3 is 1.30 bits per heavy atom. The van der Waals surface area contributed by atoms with Crippen LogP contribution in [0.5, 0.6) is 17.2 Å². The summed E-state index contributed by atoms with van der Waals surface area (Å²) in [6, 6.07) is 12.0. The monoisotopic (exact) mass is 360 g/mol. The van der Waals surface area contributed by atoms with E-state index < -0.39 is 5.97 Å². The molecule has 5 nitrogen and oxygen atoms in total. The van der Waals surface area contributed by atoms with Crippen LogP contribution in [0.15, 0.2) is 48.5 Å². The van der Waals surface area contributed by atoms with Crippen LogP contribution in [0.3, 0.4) is 0 Å². The third-order valence-electron chi connectivity index (χ3n) is 2.02. The molecular formula is C13H12Fe2O5. The quantitative estimate of drug-likeness (QED) is 0.462. The second kappa shape index (κ2) is 10.2. The van der Waals surface area contributed by atoms with Crippen LogP contribution >= 0.6 is 0 Å². The van der Waals surface area contributed by atoms with Crippen LogP contribution in [-0.2, 0) is 34.1 Å². The van der Waals surface area contributed by atoms with Gasteiger partial charge in [0.1, 0.15) is 11.3 Å². The predicted octanol–water partition coefficient (Wildman–Crippen LogP) is 2.18. The number of carboxylic acids is 1. The number of phenols is 3. The second-order valence-corrected chi connectivity index (χ2v) is 3.31. The first-order valence-electron chi connectivity index (χ1n) is 5.00.